The maximum atomic E-state index is 12.4. The highest BCUT2D eigenvalue weighted by atomic mass is 32.2. The van der Waals surface area contributed by atoms with Crippen LogP contribution in [0, 0.1) is 0 Å². The van der Waals surface area contributed by atoms with Crippen LogP contribution in [0.3, 0.4) is 0 Å². The minimum atomic E-state index is -0.0543. The van der Waals surface area contributed by atoms with Crippen molar-refractivity contribution >= 4 is 35.0 Å². The lowest BCUT2D eigenvalue weighted by atomic mass is 10.1. The van der Waals surface area contributed by atoms with Crippen molar-refractivity contribution in [2.75, 3.05) is 16.8 Å². The highest BCUT2D eigenvalue weighted by Crippen LogP contribution is 2.25. The van der Waals surface area contributed by atoms with Gasteiger partial charge in [0.1, 0.15) is 0 Å². The summed E-state index contributed by atoms with van der Waals surface area (Å²) < 4.78 is 0. The third-order valence-corrected chi connectivity index (χ3v) is 5.44. The van der Waals surface area contributed by atoms with Gasteiger partial charge in [-0.2, -0.15) is 0 Å². The Kier molecular flexibility index (Phi) is 6.56. The second kappa shape index (κ2) is 9.09. The molecule has 0 unspecified atom stereocenters. The molecule has 1 aliphatic heterocycles. The maximum absolute atomic E-state index is 12.4. The molecule has 0 bridgehead atoms. The molecular weight excluding hydrogens is 356 g/mol. The number of anilines is 2. The van der Waals surface area contributed by atoms with Crippen molar-refractivity contribution in [3.05, 3.63) is 54.1 Å². The molecule has 0 spiro atoms. The Balaban J connectivity index is 1.61. The first-order valence-corrected chi connectivity index (χ1v) is 10.3. The molecule has 0 saturated carbocycles. The topological polar surface area (TPSA) is 49.4 Å². The first-order valence-electron chi connectivity index (χ1n) is 9.47. The summed E-state index contributed by atoms with van der Waals surface area (Å²) in [5.41, 5.74) is 2.57. The van der Waals surface area contributed by atoms with E-state index in [0.29, 0.717) is 18.1 Å². The number of hydrogen-bond acceptors (Lipinski definition) is 3. The van der Waals surface area contributed by atoms with Crippen LogP contribution in [0.4, 0.5) is 11.4 Å². The Bertz CT molecular complexity index is 802. The Morgan fingerprint density at radius 2 is 1.93 bits per heavy atom. The number of benzene rings is 2. The van der Waals surface area contributed by atoms with E-state index in [-0.39, 0.29) is 11.8 Å². The number of hydrogen-bond donors (Lipinski definition) is 1. The normalized spacial score (nSPS) is 14.5. The van der Waals surface area contributed by atoms with E-state index >= 15 is 0 Å². The number of carbonyl (C=O) groups excluding carboxylic acids is 2. The zero-order chi connectivity index (χ0) is 19.2. The van der Waals surface area contributed by atoms with Crippen molar-refractivity contribution in [2.45, 2.75) is 49.7 Å². The quantitative estimate of drug-likeness (QED) is 0.724. The zero-order valence-corrected chi connectivity index (χ0v) is 16.7. The third-order valence-electron chi connectivity index (χ3n) is 4.42. The SMILES string of the molecule is CC(C)Sc1ccc(CC(=O)Nc2cccc(N3CCCCC3=O)c2)cc1. The molecule has 2 aromatic carbocycles. The summed E-state index contributed by atoms with van der Waals surface area (Å²) in [4.78, 5) is 27.5. The molecule has 3 rings (SSSR count). The summed E-state index contributed by atoms with van der Waals surface area (Å²) in [5, 5.41) is 3.49. The minimum absolute atomic E-state index is 0.0543. The summed E-state index contributed by atoms with van der Waals surface area (Å²) >= 11 is 1.81. The second-order valence-electron chi connectivity index (χ2n) is 7.09. The van der Waals surface area contributed by atoms with Crippen LogP contribution < -0.4 is 10.2 Å². The van der Waals surface area contributed by atoms with Gasteiger partial charge in [0.05, 0.1) is 6.42 Å². The van der Waals surface area contributed by atoms with Crippen molar-refractivity contribution in [2.24, 2.45) is 0 Å². The van der Waals surface area contributed by atoms with Gasteiger partial charge in [-0.1, -0.05) is 32.0 Å². The molecule has 1 N–H and O–H groups in total. The van der Waals surface area contributed by atoms with Gasteiger partial charge in [-0.05, 0) is 48.7 Å². The minimum Gasteiger partial charge on any atom is -0.326 e. The van der Waals surface area contributed by atoms with E-state index in [1.807, 2.05) is 53.1 Å². The molecule has 0 atom stereocenters. The lowest BCUT2D eigenvalue weighted by molar-refractivity contribution is -0.119. The first-order chi connectivity index (χ1) is 13.0. The van der Waals surface area contributed by atoms with E-state index in [4.69, 9.17) is 0 Å². The van der Waals surface area contributed by atoms with E-state index in [2.05, 4.69) is 31.3 Å². The van der Waals surface area contributed by atoms with Crippen molar-refractivity contribution in [1.82, 2.24) is 0 Å². The van der Waals surface area contributed by atoms with Gasteiger partial charge >= 0.3 is 0 Å². The molecule has 2 aromatic rings. The Labute approximate surface area is 165 Å². The number of carbonyl (C=O) groups is 2. The Morgan fingerprint density at radius 1 is 1.15 bits per heavy atom. The summed E-state index contributed by atoms with van der Waals surface area (Å²) in [5.74, 6) is 0.102. The van der Waals surface area contributed by atoms with E-state index in [0.717, 1.165) is 36.3 Å². The van der Waals surface area contributed by atoms with E-state index in [9.17, 15) is 9.59 Å². The molecule has 1 fully saturated rings. The second-order valence-corrected chi connectivity index (χ2v) is 8.74. The average molecular weight is 383 g/mol. The molecule has 0 aliphatic carbocycles. The van der Waals surface area contributed by atoms with Crippen molar-refractivity contribution in [3.63, 3.8) is 0 Å². The van der Waals surface area contributed by atoms with Crippen molar-refractivity contribution in [3.8, 4) is 0 Å². The maximum Gasteiger partial charge on any atom is 0.228 e. The number of nitrogens with zero attached hydrogens (tertiary/aromatic N) is 1. The highest BCUT2D eigenvalue weighted by molar-refractivity contribution is 7.99. The van der Waals surface area contributed by atoms with E-state index < -0.39 is 0 Å². The van der Waals surface area contributed by atoms with Gasteiger partial charge in [-0.3, -0.25) is 9.59 Å². The largest absolute Gasteiger partial charge is 0.326 e. The van der Waals surface area contributed by atoms with E-state index in [1.165, 1.54) is 4.90 Å². The van der Waals surface area contributed by atoms with Crippen LogP contribution in [-0.2, 0) is 16.0 Å². The lowest BCUT2D eigenvalue weighted by Gasteiger charge is -2.27. The molecule has 1 heterocycles. The van der Waals surface area contributed by atoms with Crippen LogP contribution in [0.1, 0.15) is 38.7 Å². The molecular formula is C22H26N2O2S. The smallest absolute Gasteiger partial charge is 0.228 e. The van der Waals surface area contributed by atoms with Crippen molar-refractivity contribution in [1.29, 1.82) is 0 Å². The molecule has 0 radical (unpaired) electrons. The van der Waals surface area contributed by atoms with Crippen LogP contribution in [0.2, 0.25) is 0 Å². The standard InChI is InChI=1S/C22H26N2O2S/c1-16(2)27-20-11-9-17(10-12-20)14-21(25)23-18-6-5-7-19(15-18)24-13-4-3-8-22(24)26/h5-7,9-12,15-16H,3-4,8,13-14H2,1-2H3,(H,23,25). The summed E-state index contributed by atoms with van der Waals surface area (Å²) in [6.45, 7) is 5.08. The number of rotatable bonds is 6. The summed E-state index contributed by atoms with van der Waals surface area (Å²) in [7, 11) is 0. The molecule has 1 saturated heterocycles. The Hall–Kier alpha value is -2.27. The average Bonchev–Trinajstić information content (AvgIpc) is 2.63. The monoisotopic (exact) mass is 382 g/mol. The van der Waals surface area contributed by atoms with Gasteiger partial charge in [0.25, 0.3) is 0 Å². The van der Waals surface area contributed by atoms with Gasteiger partial charge in [-0.25, -0.2) is 0 Å². The van der Waals surface area contributed by atoms with Gasteiger partial charge in [0, 0.05) is 34.5 Å². The first kappa shape index (κ1) is 19.5. The van der Waals surface area contributed by atoms with Gasteiger partial charge < -0.3 is 10.2 Å². The molecule has 5 heteroatoms. The van der Waals surface area contributed by atoms with Gasteiger partial charge in [0.2, 0.25) is 11.8 Å². The predicted molar refractivity (Wildman–Crippen MR) is 112 cm³/mol. The number of thioether (sulfide) groups is 1. The molecule has 1 aliphatic rings. The number of amides is 2. The lowest BCUT2D eigenvalue weighted by Crippen LogP contribution is -2.35. The fraction of sp³-hybridized carbons (Fsp3) is 0.364. The fourth-order valence-electron chi connectivity index (χ4n) is 3.18. The van der Waals surface area contributed by atoms with Crippen LogP contribution in [0.5, 0.6) is 0 Å². The highest BCUT2D eigenvalue weighted by Gasteiger charge is 2.19. The van der Waals surface area contributed by atoms with Gasteiger partial charge in [0.15, 0.2) is 0 Å². The van der Waals surface area contributed by atoms with Crippen LogP contribution in [-0.4, -0.2) is 23.6 Å². The van der Waals surface area contributed by atoms with Crippen LogP contribution >= 0.6 is 11.8 Å². The summed E-state index contributed by atoms with van der Waals surface area (Å²) in [6, 6.07) is 15.7. The number of piperidine rings is 1. The molecule has 0 aromatic heterocycles. The van der Waals surface area contributed by atoms with E-state index in [1.54, 1.807) is 0 Å². The van der Waals surface area contributed by atoms with Gasteiger partial charge in [-0.15, -0.1) is 11.8 Å². The van der Waals surface area contributed by atoms with Crippen molar-refractivity contribution < 1.29 is 9.59 Å². The van der Waals surface area contributed by atoms with Crippen LogP contribution in [0.15, 0.2) is 53.4 Å². The molecule has 27 heavy (non-hydrogen) atoms. The molecule has 142 valence electrons. The summed E-state index contributed by atoms with van der Waals surface area (Å²) in [6.07, 6.45) is 2.91. The zero-order valence-electron chi connectivity index (χ0n) is 15.9. The predicted octanol–water partition coefficient (Wildman–Crippen LogP) is 4.89. The fourth-order valence-corrected chi connectivity index (χ4v) is 4.02. The molecule has 4 nitrogen and oxygen atoms in total. The number of nitrogens with one attached hydrogen (secondary N) is 1. The Morgan fingerprint density at radius 3 is 2.63 bits per heavy atom. The third kappa shape index (κ3) is 5.60. The molecule has 2 amide bonds. The van der Waals surface area contributed by atoms with Crippen LogP contribution in [0.25, 0.3) is 0 Å².